The molecule has 0 aliphatic rings. The number of carbonyl (C=O) groups is 1. The molecular formula is C18H20N4OS. The summed E-state index contributed by atoms with van der Waals surface area (Å²) in [4.78, 5) is 17.6. The Balaban J connectivity index is 1.52. The van der Waals surface area contributed by atoms with Crippen molar-refractivity contribution in [3.05, 3.63) is 63.7 Å². The fourth-order valence-corrected chi connectivity index (χ4v) is 3.20. The second-order valence-electron chi connectivity index (χ2n) is 5.72. The number of aryl methyl sites for hydroxylation is 3. The van der Waals surface area contributed by atoms with Crippen molar-refractivity contribution in [2.24, 2.45) is 0 Å². The molecule has 3 heterocycles. The molecule has 1 N–H and O–H groups in total. The lowest BCUT2D eigenvalue weighted by molar-refractivity contribution is -0.121. The molecule has 3 rings (SSSR count). The van der Waals surface area contributed by atoms with Gasteiger partial charge in [0, 0.05) is 29.7 Å². The SMILES string of the molecule is Cc1cc(C)n(-c2ccc(CNC(=O)CCc3cccs3)cn2)n1. The van der Waals surface area contributed by atoms with Crippen molar-refractivity contribution in [3.8, 4) is 5.82 Å². The van der Waals surface area contributed by atoms with E-state index in [-0.39, 0.29) is 5.91 Å². The van der Waals surface area contributed by atoms with Crippen LogP contribution in [-0.2, 0) is 17.8 Å². The highest BCUT2D eigenvalue weighted by Crippen LogP contribution is 2.12. The van der Waals surface area contributed by atoms with Crippen LogP contribution in [0, 0.1) is 13.8 Å². The summed E-state index contributed by atoms with van der Waals surface area (Å²) < 4.78 is 1.82. The van der Waals surface area contributed by atoms with E-state index in [0.29, 0.717) is 13.0 Å². The van der Waals surface area contributed by atoms with Crippen LogP contribution in [0.4, 0.5) is 0 Å². The molecule has 0 unspecified atom stereocenters. The molecule has 124 valence electrons. The fourth-order valence-electron chi connectivity index (χ4n) is 2.49. The van der Waals surface area contributed by atoms with Crippen LogP contribution in [0.15, 0.2) is 41.9 Å². The van der Waals surface area contributed by atoms with E-state index in [9.17, 15) is 4.79 Å². The molecule has 3 aromatic rings. The topological polar surface area (TPSA) is 59.8 Å². The zero-order valence-corrected chi connectivity index (χ0v) is 14.6. The second-order valence-corrected chi connectivity index (χ2v) is 6.75. The standard InChI is InChI=1S/C18H20N4OS/c1-13-10-14(2)22(21-13)17-7-5-15(11-19-17)12-20-18(23)8-6-16-4-3-9-24-16/h3-5,7,9-11H,6,8,12H2,1-2H3,(H,20,23). The van der Waals surface area contributed by atoms with Gasteiger partial charge in [0.25, 0.3) is 0 Å². The number of pyridine rings is 1. The number of amides is 1. The molecule has 0 aromatic carbocycles. The molecule has 24 heavy (non-hydrogen) atoms. The largest absolute Gasteiger partial charge is 0.352 e. The van der Waals surface area contributed by atoms with Crippen LogP contribution in [0.3, 0.4) is 0 Å². The maximum absolute atomic E-state index is 11.9. The number of carbonyl (C=O) groups excluding carboxylic acids is 1. The minimum atomic E-state index is 0.0611. The van der Waals surface area contributed by atoms with Crippen LogP contribution in [0.1, 0.15) is 28.2 Å². The monoisotopic (exact) mass is 340 g/mol. The van der Waals surface area contributed by atoms with Gasteiger partial charge in [-0.3, -0.25) is 4.79 Å². The van der Waals surface area contributed by atoms with E-state index >= 15 is 0 Å². The molecule has 0 atom stereocenters. The van der Waals surface area contributed by atoms with Crippen molar-refractivity contribution < 1.29 is 4.79 Å². The van der Waals surface area contributed by atoms with Crippen molar-refractivity contribution in [2.45, 2.75) is 33.2 Å². The Morgan fingerprint density at radius 2 is 2.17 bits per heavy atom. The number of nitrogens with one attached hydrogen (secondary N) is 1. The molecular weight excluding hydrogens is 320 g/mol. The van der Waals surface area contributed by atoms with Crippen molar-refractivity contribution >= 4 is 17.2 Å². The summed E-state index contributed by atoms with van der Waals surface area (Å²) >= 11 is 1.68. The zero-order valence-electron chi connectivity index (χ0n) is 13.8. The first-order valence-electron chi connectivity index (χ1n) is 7.89. The third-order valence-electron chi connectivity index (χ3n) is 3.70. The fraction of sp³-hybridized carbons (Fsp3) is 0.278. The number of rotatable bonds is 6. The maximum atomic E-state index is 11.9. The maximum Gasteiger partial charge on any atom is 0.220 e. The van der Waals surface area contributed by atoms with Crippen molar-refractivity contribution in [2.75, 3.05) is 0 Å². The third-order valence-corrected chi connectivity index (χ3v) is 4.64. The molecule has 6 heteroatoms. The Bertz CT molecular complexity index is 806. The summed E-state index contributed by atoms with van der Waals surface area (Å²) in [5, 5.41) is 9.39. The Labute approximate surface area is 145 Å². The van der Waals surface area contributed by atoms with Crippen molar-refractivity contribution in [1.82, 2.24) is 20.1 Å². The molecule has 3 aromatic heterocycles. The van der Waals surface area contributed by atoms with Crippen LogP contribution in [0.5, 0.6) is 0 Å². The summed E-state index contributed by atoms with van der Waals surface area (Å²) in [5.74, 6) is 0.847. The van der Waals surface area contributed by atoms with Crippen LogP contribution < -0.4 is 5.32 Å². The van der Waals surface area contributed by atoms with Gasteiger partial charge in [0.15, 0.2) is 5.82 Å². The van der Waals surface area contributed by atoms with Gasteiger partial charge in [-0.1, -0.05) is 12.1 Å². The average molecular weight is 340 g/mol. The number of hydrogen-bond acceptors (Lipinski definition) is 4. The highest BCUT2D eigenvalue weighted by atomic mass is 32.1. The van der Waals surface area contributed by atoms with Gasteiger partial charge in [-0.2, -0.15) is 5.10 Å². The van der Waals surface area contributed by atoms with E-state index in [1.54, 1.807) is 17.5 Å². The first kappa shape index (κ1) is 16.4. The van der Waals surface area contributed by atoms with Crippen LogP contribution in [0.25, 0.3) is 5.82 Å². The minimum absolute atomic E-state index is 0.0611. The number of thiophene rings is 1. The predicted molar refractivity (Wildman–Crippen MR) is 95.3 cm³/mol. The van der Waals surface area contributed by atoms with E-state index in [4.69, 9.17) is 0 Å². The van der Waals surface area contributed by atoms with E-state index in [2.05, 4.69) is 21.5 Å². The lowest BCUT2D eigenvalue weighted by atomic mass is 10.2. The molecule has 0 aliphatic carbocycles. The van der Waals surface area contributed by atoms with Gasteiger partial charge in [0.05, 0.1) is 5.69 Å². The minimum Gasteiger partial charge on any atom is -0.352 e. The van der Waals surface area contributed by atoms with Crippen LogP contribution in [-0.4, -0.2) is 20.7 Å². The summed E-state index contributed by atoms with van der Waals surface area (Å²) in [7, 11) is 0. The molecule has 0 spiro atoms. The molecule has 0 saturated carbocycles. The number of nitrogens with zero attached hydrogens (tertiary/aromatic N) is 3. The Morgan fingerprint density at radius 1 is 1.29 bits per heavy atom. The Kier molecular flexibility index (Phi) is 5.05. The van der Waals surface area contributed by atoms with Gasteiger partial charge in [0.1, 0.15) is 0 Å². The van der Waals surface area contributed by atoms with Crippen LogP contribution >= 0.6 is 11.3 Å². The van der Waals surface area contributed by atoms with E-state index in [1.165, 1.54) is 4.88 Å². The molecule has 0 aliphatic heterocycles. The summed E-state index contributed by atoms with van der Waals surface area (Å²) in [6, 6.07) is 9.97. The second kappa shape index (κ2) is 7.40. The van der Waals surface area contributed by atoms with E-state index in [1.807, 2.05) is 48.2 Å². The molecule has 0 radical (unpaired) electrons. The first-order chi connectivity index (χ1) is 11.6. The van der Waals surface area contributed by atoms with E-state index < -0.39 is 0 Å². The summed E-state index contributed by atoms with van der Waals surface area (Å²) in [5.41, 5.74) is 3.00. The first-order valence-corrected chi connectivity index (χ1v) is 8.77. The van der Waals surface area contributed by atoms with Gasteiger partial charge in [-0.05, 0) is 49.4 Å². The Morgan fingerprint density at radius 3 is 2.79 bits per heavy atom. The highest BCUT2D eigenvalue weighted by Gasteiger charge is 2.06. The van der Waals surface area contributed by atoms with E-state index in [0.717, 1.165) is 29.2 Å². The molecule has 5 nitrogen and oxygen atoms in total. The molecule has 0 bridgehead atoms. The van der Waals surface area contributed by atoms with Crippen molar-refractivity contribution in [3.63, 3.8) is 0 Å². The van der Waals surface area contributed by atoms with Gasteiger partial charge in [-0.15, -0.1) is 11.3 Å². The summed E-state index contributed by atoms with van der Waals surface area (Å²) in [6.07, 6.45) is 3.09. The Hall–Kier alpha value is -2.47. The third kappa shape index (κ3) is 4.08. The quantitative estimate of drug-likeness (QED) is 0.750. The predicted octanol–water partition coefficient (Wildman–Crippen LogP) is 3.19. The zero-order chi connectivity index (χ0) is 16.9. The van der Waals surface area contributed by atoms with Gasteiger partial charge in [0.2, 0.25) is 5.91 Å². The highest BCUT2D eigenvalue weighted by molar-refractivity contribution is 7.09. The lowest BCUT2D eigenvalue weighted by Gasteiger charge is -2.07. The van der Waals surface area contributed by atoms with Crippen LogP contribution in [0.2, 0.25) is 0 Å². The molecule has 0 fully saturated rings. The smallest absolute Gasteiger partial charge is 0.220 e. The number of aromatic nitrogens is 3. The van der Waals surface area contributed by atoms with Gasteiger partial charge >= 0.3 is 0 Å². The lowest BCUT2D eigenvalue weighted by Crippen LogP contribution is -2.23. The summed E-state index contributed by atoms with van der Waals surface area (Å²) in [6.45, 7) is 4.46. The van der Waals surface area contributed by atoms with Gasteiger partial charge < -0.3 is 5.32 Å². The molecule has 1 amide bonds. The molecule has 0 saturated heterocycles. The average Bonchev–Trinajstić information content (AvgIpc) is 3.21. The normalized spacial score (nSPS) is 10.8. The van der Waals surface area contributed by atoms with Crippen molar-refractivity contribution in [1.29, 1.82) is 0 Å². The van der Waals surface area contributed by atoms with Gasteiger partial charge in [-0.25, -0.2) is 9.67 Å². The number of hydrogen-bond donors (Lipinski definition) is 1.